The lowest BCUT2D eigenvalue weighted by Gasteiger charge is -2.33. The molecule has 1 unspecified atom stereocenters. The number of phosphoric acid groups is 1. The molecule has 0 heterocycles. The molecular weight excluding hydrogens is 287 g/mol. The Balaban J connectivity index is 2.74. The molecule has 0 bridgehead atoms. The number of unbranched alkanes of at least 4 members (excludes halogenated alkanes) is 2. The number of benzene rings is 1. The van der Waals surface area contributed by atoms with E-state index in [1.165, 1.54) is 0 Å². The van der Waals surface area contributed by atoms with E-state index in [1.807, 2.05) is 19.9 Å². The maximum absolute atomic E-state index is 12.3. The monoisotopic (exact) mass is 314 g/mol. The predicted octanol–water partition coefficient (Wildman–Crippen LogP) is 5.32. The lowest BCUT2D eigenvalue weighted by molar-refractivity contribution is 0.0199. The van der Waals surface area contributed by atoms with Crippen LogP contribution in [0.15, 0.2) is 30.3 Å². The molecule has 4 nitrogen and oxygen atoms in total. The van der Waals surface area contributed by atoms with Crippen LogP contribution in [0.3, 0.4) is 0 Å². The van der Waals surface area contributed by atoms with Gasteiger partial charge in [-0.3, -0.25) is 9.42 Å². The summed E-state index contributed by atoms with van der Waals surface area (Å²) >= 11 is 0. The Labute approximate surface area is 128 Å². The Morgan fingerprint density at radius 1 is 1.10 bits per heavy atom. The minimum absolute atomic E-state index is 0.345. The molecule has 0 aliphatic heterocycles. The first-order valence-corrected chi connectivity index (χ1v) is 9.24. The Hall–Kier alpha value is -0.830. The first-order valence-electron chi connectivity index (χ1n) is 7.75. The Morgan fingerprint density at radius 3 is 2.24 bits per heavy atom. The largest absolute Gasteiger partial charge is 0.527 e. The Bertz CT molecular complexity index is 443. The first kappa shape index (κ1) is 18.2. The van der Waals surface area contributed by atoms with E-state index in [1.54, 1.807) is 24.3 Å². The van der Waals surface area contributed by atoms with Crippen LogP contribution in [0, 0.1) is 0 Å². The van der Waals surface area contributed by atoms with Gasteiger partial charge < -0.3 is 4.52 Å². The van der Waals surface area contributed by atoms with Crippen LogP contribution >= 0.6 is 7.82 Å². The van der Waals surface area contributed by atoms with Crippen LogP contribution in [0.1, 0.15) is 59.3 Å². The summed E-state index contributed by atoms with van der Waals surface area (Å²) in [6.45, 7) is 6.10. The first-order chi connectivity index (χ1) is 9.97. The summed E-state index contributed by atoms with van der Waals surface area (Å²) in [7, 11) is -4.12. The molecule has 0 radical (unpaired) electrons. The summed E-state index contributed by atoms with van der Waals surface area (Å²) in [6, 6.07) is 8.61. The minimum Gasteiger partial charge on any atom is -0.404 e. The van der Waals surface area contributed by atoms with Crippen molar-refractivity contribution in [3.8, 4) is 5.75 Å². The molecule has 0 fully saturated rings. The molecule has 0 amide bonds. The lowest BCUT2D eigenvalue weighted by Crippen LogP contribution is -2.30. The van der Waals surface area contributed by atoms with Gasteiger partial charge in [0.2, 0.25) is 0 Å². The van der Waals surface area contributed by atoms with Gasteiger partial charge in [-0.1, -0.05) is 58.2 Å². The van der Waals surface area contributed by atoms with Gasteiger partial charge in [-0.25, -0.2) is 4.57 Å². The van der Waals surface area contributed by atoms with Crippen molar-refractivity contribution < 1.29 is 18.5 Å². The van der Waals surface area contributed by atoms with E-state index >= 15 is 0 Å². The van der Waals surface area contributed by atoms with Crippen molar-refractivity contribution in [2.75, 3.05) is 0 Å². The molecule has 1 aromatic rings. The number of hydrogen-bond acceptors (Lipinski definition) is 3. The Kier molecular flexibility index (Phi) is 7.44. The molecule has 0 saturated carbocycles. The number of rotatable bonds is 10. The molecule has 1 atom stereocenters. The molecule has 5 heteroatoms. The molecular formula is C16H27O4P. The molecule has 0 aliphatic rings. The standard InChI is InChI=1S/C16H27O4P/c1-4-7-11-14-16(5-2,6-3)20-21(17,18)19-15-12-9-8-10-13-15/h8-10,12-13H,4-7,11,14H2,1-3H3,(H,17,18). The number of hydrogen-bond donors (Lipinski definition) is 1. The topological polar surface area (TPSA) is 55.8 Å². The van der Waals surface area contributed by atoms with Crippen molar-refractivity contribution in [2.45, 2.75) is 64.9 Å². The van der Waals surface area contributed by atoms with Gasteiger partial charge >= 0.3 is 7.82 Å². The van der Waals surface area contributed by atoms with E-state index in [4.69, 9.17) is 9.05 Å². The molecule has 120 valence electrons. The molecule has 1 aromatic carbocycles. The lowest BCUT2D eigenvalue weighted by atomic mass is 9.91. The van der Waals surface area contributed by atoms with Gasteiger partial charge in [-0.2, -0.15) is 0 Å². The van der Waals surface area contributed by atoms with Gasteiger partial charge in [0.25, 0.3) is 0 Å². The van der Waals surface area contributed by atoms with Gasteiger partial charge in [-0.15, -0.1) is 0 Å². The summed E-state index contributed by atoms with van der Waals surface area (Å²) in [6.07, 6.45) is 5.35. The van der Waals surface area contributed by atoms with Crippen molar-refractivity contribution >= 4 is 7.82 Å². The van der Waals surface area contributed by atoms with Crippen molar-refractivity contribution in [3.05, 3.63) is 30.3 Å². The fraction of sp³-hybridized carbons (Fsp3) is 0.625. The van der Waals surface area contributed by atoms with Crippen LogP contribution in [0.4, 0.5) is 0 Å². The van der Waals surface area contributed by atoms with Crippen LogP contribution < -0.4 is 4.52 Å². The number of phosphoric ester groups is 1. The maximum atomic E-state index is 12.3. The van der Waals surface area contributed by atoms with Gasteiger partial charge in [-0.05, 0) is 31.4 Å². The van der Waals surface area contributed by atoms with E-state index in [2.05, 4.69) is 6.92 Å². The van der Waals surface area contributed by atoms with Gasteiger partial charge in [0.15, 0.2) is 0 Å². The van der Waals surface area contributed by atoms with Gasteiger partial charge in [0.1, 0.15) is 5.75 Å². The zero-order valence-electron chi connectivity index (χ0n) is 13.2. The summed E-state index contributed by atoms with van der Waals surface area (Å²) in [4.78, 5) is 10.0. The highest BCUT2D eigenvalue weighted by Gasteiger charge is 2.37. The van der Waals surface area contributed by atoms with Gasteiger partial charge in [0, 0.05) is 0 Å². The second-order valence-electron chi connectivity index (χ2n) is 5.31. The quantitative estimate of drug-likeness (QED) is 0.469. The third-order valence-electron chi connectivity index (χ3n) is 3.80. The summed E-state index contributed by atoms with van der Waals surface area (Å²) in [5.41, 5.74) is -0.589. The molecule has 0 aromatic heterocycles. The minimum atomic E-state index is -4.12. The summed E-state index contributed by atoms with van der Waals surface area (Å²) in [5, 5.41) is 0. The van der Waals surface area contributed by atoms with Crippen LogP contribution in [-0.2, 0) is 9.09 Å². The smallest absolute Gasteiger partial charge is 0.404 e. The van der Waals surface area contributed by atoms with E-state index in [0.29, 0.717) is 18.6 Å². The SMILES string of the molecule is CCCCCC(CC)(CC)OP(=O)(O)Oc1ccccc1. The zero-order valence-corrected chi connectivity index (χ0v) is 14.1. The van der Waals surface area contributed by atoms with Crippen molar-refractivity contribution in [1.82, 2.24) is 0 Å². The maximum Gasteiger partial charge on any atom is 0.527 e. The fourth-order valence-corrected chi connectivity index (χ4v) is 3.62. The molecule has 0 saturated heterocycles. The third-order valence-corrected chi connectivity index (χ3v) is 4.86. The highest BCUT2D eigenvalue weighted by Crippen LogP contribution is 2.50. The van der Waals surface area contributed by atoms with Crippen LogP contribution in [0.25, 0.3) is 0 Å². The average Bonchev–Trinajstić information content (AvgIpc) is 2.47. The van der Waals surface area contributed by atoms with E-state index < -0.39 is 13.4 Å². The highest BCUT2D eigenvalue weighted by atomic mass is 31.2. The van der Waals surface area contributed by atoms with Crippen molar-refractivity contribution in [2.24, 2.45) is 0 Å². The summed E-state index contributed by atoms with van der Waals surface area (Å²) < 4.78 is 23.0. The third kappa shape index (κ3) is 6.21. The zero-order chi connectivity index (χ0) is 15.8. The second-order valence-corrected chi connectivity index (χ2v) is 6.61. The molecule has 0 spiro atoms. The van der Waals surface area contributed by atoms with Gasteiger partial charge in [0.05, 0.1) is 5.60 Å². The fourth-order valence-electron chi connectivity index (χ4n) is 2.35. The molecule has 21 heavy (non-hydrogen) atoms. The van der Waals surface area contributed by atoms with E-state index in [0.717, 1.165) is 25.7 Å². The van der Waals surface area contributed by atoms with Crippen LogP contribution in [0.5, 0.6) is 5.75 Å². The van der Waals surface area contributed by atoms with Crippen LogP contribution in [-0.4, -0.2) is 10.5 Å². The van der Waals surface area contributed by atoms with E-state index in [-0.39, 0.29) is 0 Å². The number of para-hydroxylation sites is 1. The highest BCUT2D eigenvalue weighted by molar-refractivity contribution is 7.47. The van der Waals surface area contributed by atoms with Crippen molar-refractivity contribution in [3.63, 3.8) is 0 Å². The Morgan fingerprint density at radius 2 is 1.71 bits per heavy atom. The van der Waals surface area contributed by atoms with Crippen LogP contribution in [0.2, 0.25) is 0 Å². The molecule has 0 aliphatic carbocycles. The predicted molar refractivity (Wildman–Crippen MR) is 85.4 cm³/mol. The molecule has 1 N–H and O–H groups in total. The average molecular weight is 314 g/mol. The molecule has 1 rings (SSSR count). The second kappa shape index (κ2) is 8.57. The summed E-state index contributed by atoms with van der Waals surface area (Å²) in [5.74, 6) is 0.345. The van der Waals surface area contributed by atoms with Crippen molar-refractivity contribution in [1.29, 1.82) is 0 Å². The van der Waals surface area contributed by atoms with E-state index in [9.17, 15) is 9.46 Å². The normalized spacial score (nSPS) is 14.7.